The maximum atomic E-state index is 13.0. The van der Waals surface area contributed by atoms with Crippen molar-refractivity contribution in [3.8, 4) is 0 Å². The van der Waals surface area contributed by atoms with Crippen LogP contribution in [0.3, 0.4) is 0 Å². The third-order valence-corrected chi connectivity index (χ3v) is 5.64. The van der Waals surface area contributed by atoms with E-state index in [-0.39, 0.29) is 18.2 Å². The van der Waals surface area contributed by atoms with Crippen LogP contribution in [-0.2, 0) is 15.7 Å². The Morgan fingerprint density at radius 2 is 1.77 bits per heavy atom. The number of benzene rings is 1. The summed E-state index contributed by atoms with van der Waals surface area (Å²) < 4.78 is 44.2. The van der Waals surface area contributed by atoms with Gasteiger partial charge in [-0.15, -0.1) is 0 Å². The zero-order valence-electron chi connectivity index (χ0n) is 17.8. The van der Waals surface area contributed by atoms with Crippen molar-refractivity contribution in [2.24, 2.45) is 0 Å². The first-order chi connectivity index (χ1) is 14.8. The van der Waals surface area contributed by atoms with Crippen LogP contribution in [0.2, 0.25) is 0 Å². The van der Waals surface area contributed by atoms with Gasteiger partial charge in [0.15, 0.2) is 0 Å². The van der Waals surface area contributed by atoms with Gasteiger partial charge in [0.25, 0.3) is 0 Å². The van der Waals surface area contributed by atoms with Crippen molar-refractivity contribution >= 4 is 12.0 Å². The van der Waals surface area contributed by atoms with Crippen LogP contribution in [0.25, 0.3) is 0 Å². The molecule has 1 fully saturated rings. The maximum absolute atomic E-state index is 13.0. The molecule has 3 rings (SSSR count). The van der Waals surface area contributed by atoms with E-state index in [1.807, 2.05) is 6.92 Å². The average Bonchev–Trinajstić information content (AvgIpc) is 2.74. The van der Waals surface area contributed by atoms with Crippen LogP contribution in [0.15, 0.2) is 35.5 Å². The van der Waals surface area contributed by atoms with Gasteiger partial charge in [-0.3, -0.25) is 9.80 Å². The fourth-order valence-corrected chi connectivity index (χ4v) is 4.10. The number of alkyl halides is 3. The largest absolute Gasteiger partial charge is 0.463 e. The standard InChI is InChI=1S/C22H28F3N3O3/c1-3-28-17(14-27-12-6-5-7-13-27)18(20(29)31-4-2)19(26-21(28)30)15-8-10-16(11-9-15)22(23,24)25/h8-11,19H,3-7,12-14H2,1-2H3,(H,26,30)/t19-/m0/s1. The second-order valence-corrected chi connectivity index (χ2v) is 7.66. The highest BCUT2D eigenvalue weighted by molar-refractivity contribution is 5.95. The van der Waals surface area contributed by atoms with Crippen molar-refractivity contribution in [1.82, 2.24) is 15.1 Å². The molecule has 0 bridgehead atoms. The van der Waals surface area contributed by atoms with Gasteiger partial charge in [-0.2, -0.15) is 13.2 Å². The number of nitrogens with one attached hydrogen (secondary N) is 1. The highest BCUT2D eigenvalue weighted by Gasteiger charge is 2.39. The summed E-state index contributed by atoms with van der Waals surface area (Å²) in [6.45, 7) is 6.16. The lowest BCUT2D eigenvalue weighted by Crippen LogP contribution is -2.51. The molecule has 1 aromatic carbocycles. The molecular formula is C22H28F3N3O3. The third-order valence-electron chi connectivity index (χ3n) is 5.64. The van der Waals surface area contributed by atoms with E-state index >= 15 is 0 Å². The lowest BCUT2D eigenvalue weighted by Gasteiger charge is -2.39. The van der Waals surface area contributed by atoms with Crippen LogP contribution in [0.1, 0.15) is 50.3 Å². The van der Waals surface area contributed by atoms with Crippen molar-refractivity contribution in [2.75, 3.05) is 32.8 Å². The molecule has 0 aromatic heterocycles. The monoisotopic (exact) mass is 439 g/mol. The number of ether oxygens (including phenoxy) is 1. The summed E-state index contributed by atoms with van der Waals surface area (Å²) in [5.74, 6) is -0.571. The number of hydrogen-bond acceptors (Lipinski definition) is 4. The first-order valence-corrected chi connectivity index (χ1v) is 10.6. The van der Waals surface area contributed by atoms with Crippen LogP contribution < -0.4 is 5.32 Å². The van der Waals surface area contributed by atoms with E-state index < -0.39 is 23.8 Å². The second-order valence-electron chi connectivity index (χ2n) is 7.66. The van der Waals surface area contributed by atoms with Crippen molar-refractivity contribution in [1.29, 1.82) is 0 Å². The van der Waals surface area contributed by atoms with Gasteiger partial charge in [-0.05, 0) is 57.5 Å². The van der Waals surface area contributed by atoms with Gasteiger partial charge in [0.05, 0.1) is 23.8 Å². The van der Waals surface area contributed by atoms with Gasteiger partial charge in [0.2, 0.25) is 0 Å². The highest BCUT2D eigenvalue weighted by atomic mass is 19.4. The molecule has 0 radical (unpaired) electrons. The minimum atomic E-state index is -4.47. The molecule has 1 saturated heterocycles. The quantitative estimate of drug-likeness (QED) is 0.678. The minimum absolute atomic E-state index is 0.152. The lowest BCUT2D eigenvalue weighted by molar-refractivity contribution is -0.139. The molecule has 0 saturated carbocycles. The zero-order valence-corrected chi connectivity index (χ0v) is 17.8. The van der Waals surface area contributed by atoms with Gasteiger partial charge in [-0.25, -0.2) is 9.59 Å². The molecule has 9 heteroatoms. The lowest BCUT2D eigenvalue weighted by atomic mass is 9.93. The van der Waals surface area contributed by atoms with E-state index in [9.17, 15) is 22.8 Å². The summed E-state index contributed by atoms with van der Waals surface area (Å²) in [4.78, 5) is 29.5. The molecule has 6 nitrogen and oxygen atoms in total. The number of likely N-dealkylation sites (tertiary alicyclic amines) is 1. The highest BCUT2D eigenvalue weighted by Crippen LogP contribution is 2.35. The molecule has 2 amide bonds. The molecule has 1 N–H and O–H groups in total. The SMILES string of the molecule is CCOC(=O)C1=C(CN2CCCCC2)N(CC)C(=O)N[C@H]1c1ccc(C(F)(F)F)cc1. The summed E-state index contributed by atoms with van der Waals surface area (Å²) in [5.41, 5.74) is 0.435. The maximum Gasteiger partial charge on any atom is 0.416 e. The normalized spacial score (nSPS) is 20.6. The predicted octanol–water partition coefficient (Wildman–Crippen LogP) is 4.09. The number of urea groups is 1. The first kappa shape index (κ1) is 23.1. The molecule has 1 atom stereocenters. The predicted molar refractivity (Wildman–Crippen MR) is 109 cm³/mol. The van der Waals surface area contributed by atoms with Crippen LogP contribution in [0.4, 0.5) is 18.0 Å². The molecule has 1 aromatic rings. The number of esters is 1. The Labute approximate surface area is 180 Å². The minimum Gasteiger partial charge on any atom is -0.463 e. The number of rotatable bonds is 6. The Hall–Kier alpha value is -2.55. The number of hydrogen-bond donors (Lipinski definition) is 1. The van der Waals surface area contributed by atoms with Crippen LogP contribution in [0.5, 0.6) is 0 Å². The van der Waals surface area contributed by atoms with Gasteiger partial charge >= 0.3 is 18.2 Å². The van der Waals surface area contributed by atoms with Gasteiger partial charge in [0.1, 0.15) is 0 Å². The fourth-order valence-electron chi connectivity index (χ4n) is 4.10. The first-order valence-electron chi connectivity index (χ1n) is 10.6. The molecule has 0 spiro atoms. The Balaban J connectivity index is 2.06. The van der Waals surface area contributed by atoms with Crippen LogP contribution in [0, 0.1) is 0 Å². The molecule has 170 valence electrons. The number of carbonyl (C=O) groups excluding carboxylic acids is 2. The number of piperidine rings is 1. The molecule has 2 heterocycles. The van der Waals surface area contributed by atoms with E-state index in [1.165, 1.54) is 17.0 Å². The smallest absolute Gasteiger partial charge is 0.416 e. The summed E-state index contributed by atoms with van der Waals surface area (Å²) >= 11 is 0. The summed E-state index contributed by atoms with van der Waals surface area (Å²) in [6.07, 6.45) is -1.23. The second kappa shape index (κ2) is 9.72. The number of likely N-dealkylation sites (N-methyl/N-ethyl adjacent to an activating group) is 1. The van der Waals surface area contributed by atoms with Crippen molar-refractivity contribution in [3.05, 3.63) is 46.7 Å². The van der Waals surface area contributed by atoms with Gasteiger partial charge in [-0.1, -0.05) is 18.6 Å². The van der Waals surface area contributed by atoms with Crippen LogP contribution >= 0.6 is 0 Å². The van der Waals surface area contributed by atoms with E-state index in [2.05, 4.69) is 10.2 Å². The van der Waals surface area contributed by atoms with Gasteiger partial charge < -0.3 is 10.1 Å². The van der Waals surface area contributed by atoms with Crippen LogP contribution in [-0.4, -0.2) is 54.6 Å². The van der Waals surface area contributed by atoms with Crippen molar-refractivity contribution < 1.29 is 27.5 Å². The topological polar surface area (TPSA) is 61.9 Å². The summed E-state index contributed by atoms with van der Waals surface area (Å²) in [5, 5.41) is 2.78. The number of nitrogens with zero attached hydrogens (tertiary/aromatic N) is 2. The number of carbonyl (C=O) groups is 2. The molecule has 31 heavy (non-hydrogen) atoms. The molecular weight excluding hydrogens is 411 g/mol. The Bertz CT molecular complexity index is 831. The van der Waals surface area contributed by atoms with E-state index in [0.29, 0.717) is 24.4 Å². The Kier molecular flexibility index (Phi) is 7.25. The summed E-state index contributed by atoms with van der Waals surface area (Å²) in [6, 6.07) is 3.26. The molecule has 0 aliphatic carbocycles. The molecule has 2 aliphatic rings. The third kappa shape index (κ3) is 5.20. The molecule has 0 unspecified atom stereocenters. The van der Waals surface area contributed by atoms with E-state index in [4.69, 9.17) is 4.74 Å². The average molecular weight is 439 g/mol. The van der Waals surface area contributed by atoms with Gasteiger partial charge in [0, 0.05) is 18.8 Å². The van der Waals surface area contributed by atoms with Crippen molar-refractivity contribution in [2.45, 2.75) is 45.3 Å². The fraction of sp³-hybridized carbons (Fsp3) is 0.545. The van der Waals surface area contributed by atoms with Crippen molar-refractivity contribution in [3.63, 3.8) is 0 Å². The molecule has 2 aliphatic heterocycles. The zero-order chi connectivity index (χ0) is 22.6. The van der Waals surface area contributed by atoms with E-state index in [0.717, 1.165) is 44.5 Å². The van der Waals surface area contributed by atoms with E-state index in [1.54, 1.807) is 6.92 Å². The summed E-state index contributed by atoms with van der Waals surface area (Å²) in [7, 11) is 0. The number of amides is 2. The Morgan fingerprint density at radius 1 is 1.13 bits per heavy atom. The number of halogens is 3. The Morgan fingerprint density at radius 3 is 2.32 bits per heavy atom.